The maximum Gasteiger partial charge on any atom is 0.329 e. The Labute approximate surface area is 465 Å². The lowest BCUT2D eigenvalue weighted by Gasteiger charge is -2.35. The Hall–Kier alpha value is -5.30. The second-order valence-electron chi connectivity index (χ2n) is 23.6. The molecule has 3 fully saturated rings. The van der Waals surface area contributed by atoms with Gasteiger partial charge in [0.05, 0.1) is 26.4 Å². The van der Waals surface area contributed by atoms with Crippen LogP contribution in [-0.4, -0.2) is 198 Å². The second kappa shape index (κ2) is 30.3. The molecule has 0 radical (unpaired) electrons. The van der Waals surface area contributed by atoms with Gasteiger partial charge >= 0.3 is 23.9 Å². The summed E-state index contributed by atoms with van der Waals surface area (Å²) in [4.78, 5) is 99.1. The Bertz CT molecular complexity index is 2080. The Balaban J connectivity index is 1.54. The molecule has 0 aliphatic carbocycles. The van der Waals surface area contributed by atoms with Crippen LogP contribution < -0.4 is 9.80 Å². The fourth-order valence-corrected chi connectivity index (χ4v) is 10.5. The fourth-order valence-electron chi connectivity index (χ4n) is 10.5. The number of esters is 4. The van der Waals surface area contributed by atoms with Crippen LogP contribution in [0.5, 0.6) is 0 Å². The van der Waals surface area contributed by atoms with Crippen molar-refractivity contribution in [2.45, 2.75) is 156 Å². The molecule has 8 atom stereocenters. The number of hydrogen-bond donors (Lipinski definition) is 0. The smallest absolute Gasteiger partial charge is 0.329 e. The first-order valence-corrected chi connectivity index (χ1v) is 28.5. The molecule has 2 aromatic rings. The van der Waals surface area contributed by atoms with Crippen molar-refractivity contribution < 1.29 is 57.2 Å². The minimum atomic E-state index is -1.32. The van der Waals surface area contributed by atoms with E-state index >= 15 is 9.59 Å². The van der Waals surface area contributed by atoms with Gasteiger partial charge in [0.2, 0.25) is 0 Å². The summed E-state index contributed by atoms with van der Waals surface area (Å²) in [6.07, 6.45) is -2.87. The molecule has 3 saturated heterocycles. The lowest BCUT2D eigenvalue weighted by atomic mass is 10.00. The van der Waals surface area contributed by atoms with E-state index in [9.17, 15) is 19.2 Å². The molecule has 436 valence electrons. The van der Waals surface area contributed by atoms with Gasteiger partial charge in [-0.3, -0.25) is 29.0 Å². The number of benzene rings is 2. The van der Waals surface area contributed by atoms with Crippen LogP contribution >= 0.6 is 0 Å². The van der Waals surface area contributed by atoms with E-state index < -0.39 is 84.3 Å². The molecule has 2 aromatic carbocycles. The minimum Gasteiger partial charge on any atom is -0.460 e. The molecule has 18 nitrogen and oxygen atoms in total. The van der Waals surface area contributed by atoms with Crippen molar-refractivity contribution in [3.63, 3.8) is 0 Å². The third-order valence-electron chi connectivity index (χ3n) is 14.8. The highest BCUT2D eigenvalue weighted by molar-refractivity contribution is 5.90. The van der Waals surface area contributed by atoms with Gasteiger partial charge in [-0.15, -0.1) is 0 Å². The zero-order valence-corrected chi connectivity index (χ0v) is 49.4. The van der Waals surface area contributed by atoms with Gasteiger partial charge in [0, 0.05) is 77.6 Å². The third-order valence-corrected chi connectivity index (χ3v) is 14.8. The van der Waals surface area contributed by atoms with Crippen LogP contribution in [0.3, 0.4) is 0 Å². The van der Waals surface area contributed by atoms with Gasteiger partial charge in [0.15, 0.2) is 12.2 Å². The molecule has 0 aromatic heterocycles. The predicted molar refractivity (Wildman–Crippen MR) is 301 cm³/mol. The van der Waals surface area contributed by atoms with Crippen LogP contribution in [0.1, 0.15) is 106 Å². The van der Waals surface area contributed by atoms with E-state index in [-0.39, 0.29) is 62.4 Å². The molecule has 0 saturated carbocycles. The van der Waals surface area contributed by atoms with Crippen molar-refractivity contribution in [2.24, 2.45) is 23.7 Å². The van der Waals surface area contributed by atoms with E-state index in [0.717, 1.165) is 48.7 Å². The Kier molecular flexibility index (Phi) is 24.7. The van der Waals surface area contributed by atoms with Crippen LogP contribution in [-0.2, 0) is 70.0 Å². The molecule has 8 unspecified atom stereocenters. The molecule has 78 heavy (non-hydrogen) atoms. The first kappa shape index (κ1) is 63.5. The average Bonchev–Trinajstić information content (AvgIpc) is 3.39. The van der Waals surface area contributed by atoms with Gasteiger partial charge in [-0.2, -0.15) is 0 Å². The summed E-state index contributed by atoms with van der Waals surface area (Å²) in [6, 6.07) is 11.8. The Morgan fingerprint density at radius 1 is 0.423 bits per heavy atom. The number of carbonyl (C=O) groups is 6. The van der Waals surface area contributed by atoms with Gasteiger partial charge in [-0.1, -0.05) is 79.7 Å². The molecule has 0 spiro atoms. The van der Waals surface area contributed by atoms with Gasteiger partial charge in [0.25, 0.3) is 11.8 Å². The fraction of sp³-hybridized carbons (Fsp3) is 0.700. The summed E-state index contributed by atoms with van der Waals surface area (Å²) < 4.78 is 36.2. The highest BCUT2D eigenvalue weighted by Gasteiger charge is 2.41. The van der Waals surface area contributed by atoms with Crippen molar-refractivity contribution in [1.82, 2.24) is 19.6 Å². The number of carbonyl (C=O) groups excluding carboxylic acids is 6. The number of rotatable bonds is 14. The number of ether oxygens (including phenoxy) is 6. The topological polar surface area (TPSA) is 177 Å². The summed E-state index contributed by atoms with van der Waals surface area (Å²) in [5.41, 5.74) is 3.53. The van der Waals surface area contributed by atoms with Crippen molar-refractivity contribution in [3.8, 4) is 0 Å². The average molecular weight is 1090 g/mol. The lowest BCUT2D eigenvalue weighted by molar-refractivity contribution is -0.171. The standard InChI is InChI=1S/C60H94N6O12/c1-39(2)31-49-57(69)77-53(35-45-15-19-47(20-16-45)65-23-27-73-28-24-65)55(67)63(13)52(34-42(7)8)60(72)76-44(10)38-62(12)50(32-40(3)4)58(70)78-54(36-46-17-21-48(22-18-46)66-25-29-74-30-26-66)56(68)64(14)51(33-41(5)6)59(71)75-43(9)37-61(49)11/h15-22,39-44,49-54H,23-38H2,1-14H3. The van der Waals surface area contributed by atoms with Gasteiger partial charge in [0.1, 0.15) is 36.4 Å². The monoisotopic (exact) mass is 1090 g/mol. The van der Waals surface area contributed by atoms with E-state index in [1.165, 1.54) is 9.80 Å². The molecule has 2 amide bonds. The number of amides is 2. The molecule has 3 aliphatic heterocycles. The van der Waals surface area contributed by atoms with Crippen LogP contribution in [0.2, 0.25) is 0 Å². The van der Waals surface area contributed by atoms with Crippen LogP contribution in [0.15, 0.2) is 48.5 Å². The zero-order chi connectivity index (χ0) is 57.4. The lowest BCUT2D eigenvalue weighted by Crippen LogP contribution is -2.53. The maximum atomic E-state index is 15.0. The van der Waals surface area contributed by atoms with Crippen molar-refractivity contribution in [1.29, 1.82) is 0 Å². The summed E-state index contributed by atoms with van der Waals surface area (Å²) in [5.74, 6) is -3.71. The third kappa shape index (κ3) is 18.9. The molecule has 3 heterocycles. The van der Waals surface area contributed by atoms with E-state index in [4.69, 9.17) is 28.4 Å². The number of morpholine rings is 2. The molecular weight excluding hydrogens is 997 g/mol. The number of likely N-dealkylation sites (N-methyl/N-ethyl adjacent to an activating group) is 4. The molecular formula is C60H94N6O12. The van der Waals surface area contributed by atoms with Crippen LogP contribution in [0, 0.1) is 23.7 Å². The van der Waals surface area contributed by atoms with E-state index in [1.807, 2.05) is 104 Å². The number of anilines is 2. The van der Waals surface area contributed by atoms with Crippen LogP contribution in [0.4, 0.5) is 11.4 Å². The summed E-state index contributed by atoms with van der Waals surface area (Å²) in [6.45, 7) is 25.0. The van der Waals surface area contributed by atoms with E-state index in [0.29, 0.717) is 39.3 Å². The quantitative estimate of drug-likeness (QED) is 0.152. The Morgan fingerprint density at radius 3 is 1.00 bits per heavy atom. The number of nitrogens with zero attached hydrogens (tertiary/aromatic N) is 6. The second-order valence-corrected chi connectivity index (χ2v) is 23.6. The van der Waals surface area contributed by atoms with Crippen molar-refractivity contribution in [2.75, 3.05) is 104 Å². The largest absolute Gasteiger partial charge is 0.460 e. The van der Waals surface area contributed by atoms with Crippen LogP contribution in [0.25, 0.3) is 0 Å². The Morgan fingerprint density at radius 2 is 0.705 bits per heavy atom. The highest BCUT2D eigenvalue weighted by atomic mass is 16.6. The minimum absolute atomic E-state index is 0.0194. The highest BCUT2D eigenvalue weighted by Crippen LogP contribution is 2.26. The normalized spacial score (nSPS) is 26.3. The molecule has 0 bridgehead atoms. The first-order valence-electron chi connectivity index (χ1n) is 28.5. The van der Waals surface area contributed by atoms with Crippen molar-refractivity contribution in [3.05, 3.63) is 59.7 Å². The summed E-state index contributed by atoms with van der Waals surface area (Å²) in [5, 5.41) is 0. The van der Waals surface area contributed by atoms with Crippen molar-refractivity contribution >= 4 is 47.1 Å². The number of cyclic esters (lactones) is 4. The van der Waals surface area contributed by atoms with Gasteiger partial charge in [-0.25, -0.2) is 9.59 Å². The molecule has 18 heteroatoms. The molecule has 5 rings (SSSR count). The SMILES string of the molecule is CC(C)CC1C(=O)OC(Cc2ccc(N3CCOCC3)cc2)C(=O)N(C)C(CC(C)C)C(=O)OC(C)CN(C)C(CC(C)C)C(=O)OC(Cc2ccc(N3CCOCC3)cc2)C(=O)N(C)C(CC(C)C)C(=O)OC(C)CN1C. The van der Waals surface area contributed by atoms with Gasteiger partial charge < -0.3 is 48.0 Å². The summed E-state index contributed by atoms with van der Waals surface area (Å²) >= 11 is 0. The van der Waals surface area contributed by atoms with E-state index in [2.05, 4.69) is 9.80 Å². The molecule has 0 N–H and O–H groups in total. The zero-order valence-electron chi connectivity index (χ0n) is 49.4. The first-order chi connectivity index (χ1) is 36.9. The number of hydrogen-bond acceptors (Lipinski definition) is 16. The van der Waals surface area contributed by atoms with Gasteiger partial charge in [-0.05, 0) is 113 Å². The maximum absolute atomic E-state index is 15.0. The molecule has 3 aliphatic rings. The van der Waals surface area contributed by atoms with E-state index in [1.54, 1.807) is 51.8 Å². The predicted octanol–water partition coefficient (Wildman–Crippen LogP) is 6.28. The summed E-state index contributed by atoms with van der Waals surface area (Å²) in [7, 11) is 6.60.